The number of alkyl halides is 7. The lowest BCUT2D eigenvalue weighted by atomic mass is 9.80. The van der Waals surface area contributed by atoms with Crippen LogP contribution in [-0.2, 0) is 29.2 Å². The van der Waals surface area contributed by atoms with Crippen LogP contribution in [0.4, 0.5) is 57.1 Å². The molecule has 0 aromatic heterocycles. The van der Waals surface area contributed by atoms with Gasteiger partial charge in [0.2, 0.25) is 0 Å². The van der Waals surface area contributed by atoms with E-state index >= 15 is 0 Å². The zero-order chi connectivity index (χ0) is 82.8. The van der Waals surface area contributed by atoms with Gasteiger partial charge >= 0.3 is 7.12 Å². The number of halogens is 14. The molecule has 0 spiro atoms. The van der Waals surface area contributed by atoms with E-state index in [9.17, 15) is 57.1 Å². The van der Waals surface area contributed by atoms with Crippen LogP contribution >= 0.6 is 15.9 Å². The molecule has 0 bridgehead atoms. The van der Waals surface area contributed by atoms with E-state index in [0.29, 0.717) is 60.2 Å². The Bertz CT molecular complexity index is 4660. The second-order valence-corrected chi connectivity index (χ2v) is 28.4. The summed E-state index contributed by atoms with van der Waals surface area (Å²) in [5.74, 6) is -17.1. The minimum absolute atomic E-state index is 0. The molecule has 2 N–H and O–H groups in total. The van der Waals surface area contributed by atoms with Crippen LogP contribution in [0.1, 0.15) is 167 Å². The smallest absolute Gasteiger partial charge is 0.488 e. The Hall–Kier alpha value is -9.76. The Morgan fingerprint density at radius 3 is 1.00 bits per heavy atom. The number of ether oxygens (including phenoxy) is 2. The van der Waals surface area contributed by atoms with Gasteiger partial charge in [-0.1, -0.05) is 303 Å². The van der Waals surface area contributed by atoms with E-state index in [1.54, 1.807) is 97.1 Å². The zero-order valence-electron chi connectivity index (χ0n) is 64.3. The molecule has 0 amide bonds. The minimum atomic E-state index is -3.42. The van der Waals surface area contributed by atoms with Crippen molar-refractivity contribution in [2.75, 3.05) is 6.61 Å². The first-order valence-electron chi connectivity index (χ1n) is 38.3. The van der Waals surface area contributed by atoms with E-state index in [4.69, 9.17) is 24.3 Å². The number of hydrogen-bond donors (Lipinski definition) is 2. The zero-order valence-corrected chi connectivity index (χ0v) is 65.9. The molecule has 5 nitrogen and oxygen atoms in total. The van der Waals surface area contributed by atoms with E-state index in [-0.39, 0.29) is 50.0 Å². The number of rotatable bonds is 33. The third-order valence-electron chi connectivity index (χ3n) is 19.0. The molecule has 1 atom stereocenters. The number of carbonyl (C=O) groups is 1. The van der Waals surface area contributed by atoms with Crippen molar-refractivity contribution in [2.45, 2.75) is 175 Å². The number of carbonyl (C=O) groups excluding carboxylic acids is 1. The summed E-state index contributed by atoms with van der Waals surface area (Å²) < 4.78 is 200. The topological polar surface area (TPSA) is 76.0 Å². The van der Waals surface area contributed by atoms with Crippen molar-refractivity contribution in [2.24, 2.45) is 0 Å². The first-order valence-corrected chi connectivity index (χ1v) is 39.1. The van der Waals surface area contributed by atoms with Crippen LogP contribution in [0, 0.1) is 34.9 Å². The number of unbranched alkanes of at least 4 members (excludes halogenated alkanes) is 9. The van der Waals surface area contributed by atoms with E-state index in [1.807, 2.05) is 137 Å². The van der Waals surface area contributed by atoms with Crippen LogP contribution in [0.15, 0.2) is 247 Å². The van der Waals surface area contributed by atoms with E-state index < -0.39 is 102 Å². The maximum atomic E-state index is 14.8. The summed E-state index contributed by atoms with van der Waals surface area (Å²) in [4.78, 5) is 8.00. The summed E-state index contributed by atoms with van der Waals surface area (Å²) in [5, 5.41) is 17.9. The van der Waals surface area contributed by atoms with Gasteiger partial charge in [0.1, 0.15) is 37.7 Å². The molecule has 0 radical (unpaired) electrons. The Morgan fingerprint density at radius 1 is 0.357 bits per heavy atom. The van der Waals surface area contributed by atoms with Crippen molar-refractivity contribution in [3.63, 3.8) is 0 Å². The highest BCUT2D eigenvalue weighted by molar-refractivity contribution is 9.10. The fraction of sp³-hybridized carbons (Fsp3) is 0.295. The Kier molecular flexibility index (Phi) is 38.7. The molecule has 1 unspecified atom stereocenters. The average molecular weight is 1660 g/mol. The van der Waals surface area contributed by atoms with Gasteiger partial charge < -0.3 is 24.3 Å². The van der Waals surface area contributed by atoms with Crippen LogP contribution in [0.25, 0.3) is 66.8 Å². The van der Waals surface area contributed by atoms with Gasteiger partial charge in [-0.25, -0.2) is 57.1 Å². The minimum Gasteiger partial charge on any atom is -0.491 e. The highest BCUT2D eigenvalue weighted by atomic mass is 79.9. The van der Waals surface area contributed by atoms with Crippen molar-refractivity contribution in [3.05, 3.63) is 304 Å². The highest BCUT2D eigenvalue weighted by Crippen LogP contribution is 2.43. The monoisotopic (exact) mass is 1660 g/mol. The van der Waals surface area contributed by atoms with Gasteiger partial charge in [-0.15, -0.1) is 0 Å². The van der Waals surface area contributed by atoms with E-state index in [0.717, 1.165) is 112 Å². The lowest BCUT2D eigenvalue weighted by molar-refractivity contribution is -0.0980. The summed E-state index contributed by atoms with van der Waals surface area (Å²) in [6.07, 6.45) is 7.11. The molecule has 610 valence electrons. The van der Waals surface area contributed by atoms with Gasteiger partial charge in [-0.3, -0.25) is 0 Å². The molecule has 0 saturated heterocycles. The van der Waals surface area contributed by atoms with Gasteiger partial charge in [0, 0.05) is 40.4 Å². The maximum absolute atomic E-state index is 14.8. The molecule has 11 rings (SSSR count). The second-order valence-electron chi connectivity index (χ2n) is 27.5. The molecule has 0 heterocycles. The molecule has 0 saturated carbocycles. The fourth-order valence-corrected chi connectivity index (χ4v) is 12.7. The van der Waals surface area contributed by atoms with Crippen molar-refractivity contribution in [1.29, 1.82) is 0 Å². The quantitative estimate of drug-likeness (QED) is 0.0244. The summed E-state index contributed by atoms with van der Waals surface area (Å²) in [5.41, 5.74) is 5.75. The van der Waals surface area contributed by atoms with Crippen LogP contribution in [0.3, 0.4) is 0 Å². The van der Waals surface area contributed by atoms with Crippen molar-refractivity contribution in [3.8, 4) is 78.3 Å². The van der Waals surface area contributed by atoms with Gasteiger partial charge in [0.15, 0.2) is 34.9 Å². The molecule has 11 aromatic rings. The lowest BCUT2D eigenvalue weighted by Gasteiger charge is -2.18. The van der Waals surface area contributed by atoms with Crippen molar-refractivity contribution >= 4 is 35.3 Å². The molecule has 20 heteroatoms. The van der Waals surface area contributed by atoms with Gasteiger partial charge in [0.05, 0.1) is 16.7 Å². The number of hydrogen-bond acceptors (Lipinski definition) is 5. The van der Waals surface area contributed by atoms with E-state index in [1.165, 1.54) is 18.2 Å². The molecule has 11 aromatic carbocycles. The Labute approximate surface area is 677 Å². The Balaban J connectivity index is 0.000000247. The molecule has 115 heavy (non-hydrogen) atoms. The van der Waals surface area contributed by atoms with Crippen LogP contribution in [0.2, 0.25) is 0 Å². The molecule has 0 aliphatic rings. The predicted octanol–water partition coefficient (Wildman–Crippen LogP) is 28.8. The predicted molar refractivity (Wildman–Crippen MR) is 444 cm³/mol. The lowest BCUT2D eigenvalue weighted by Crippen LogP contribution is -2.29. The SMILES string of the molecule is C.C=O.CCCCCC(F)(F)c1ccc(-c2ccc(-c3ccc(OCc4ccccc4)cc3)cc2)c(F)c1F.CCCCCC(F)(F)c1ccc(-c2ccc(Br)cc2)c(F)c1F.CCCCCCC(F)COc1ccc(-c2ccc(-c3ccc(C(F)(F)CCCCC)c(F)c3F)cc2)cc1.OB(O)c1ccc(-c2ccccc2)cc1. The molecular weight excluding hydrogens is 1560 g/mol. The van der Waals surface area contributed by atoms with E-state index in [2.05, 4.69) is 22.9 Å². The highest BCUT2D eigenvalue weighted by Gasteiger charge is 2.38. The van der Waals surface area contributed by atoms with Gasteiger partial charge in [-0.2, -0.15) is 0 Å². The largest absolute Gasteiger partial charge is 0.491 e. The summed E-state index contributed by atoms with van der Waals surface area (Å²) in [6, 6.07) is 68.7. The van der Waals surface area contributed by atoms with Crippen molar-refractivity contribution < 1.29 is 81.4 Å². The third kappa shape index (κ3) is 28.0. The molecule has 0 aliphatic heterocycles. The Morgan fingerprint density at radius 2 is 0.652 bits per heavy atom. The standard InChI is InChI=1S/C32H37F5O.C31H28F4O.C18H17BrF4.C12H11BO2.CH2O.CH4/c1-3-5-7-8-10-26(33)22-38-27-17-15-24(16-18-27)23-11-13-25(14-12-23)28-19-20-29(31(35)30(28)34)32(36,37)21-9-6-4-2;1-2-3-7-20-31(34,35)28-19-18-27(29(32)30(28)33)25-12-10-23(11-13-25)24-14-16-26(17-15-24)36-21-22-8-5-4-6-9-22;1-2-3-4-11-18(22,23)15-10-9-14(16(20)17(15)21)12-5-7-13(19)8-6-12;14-13(15)12-8-6-11(7-9-12)10-4-2-1-3-5-10;1-2;/h11-20,26H,3-10,21-22H2,1-2H3;4-6,8-19H,2-3,7,20-21H2,1H3;5-10H,2-4,11H2,1H3;1-9,14-15H;1H2;1H4. The normalized spacial score (nSPS) is 11.4. The first-order chi connectivity index (χ1) is 54.8. The summed E-state index contributed by atoms with van der Waals surface area (Å²) in [7, 11) is -1.39. The maximum Gasteiger partial charge on any atom is 0.488 e. The van der Waals surface area contributed by atoms with Crippen LogP contribution < -0.4 is 14.9 Å². The summed E-state index contributed by atoms with van der Waals surface area (Å²) in [6.45, 7) is 10.3. The fourth-order valence-electron chi connectivity index (χ4n) is 12.4. The van der Waals surface area contributed by atoms with Crippen molar-refractivity contribution in [1.82, 2.24) is 0 Å². The second kappa shape index (κ2) is 47.3. The average Bonchev–Trinajstić information content (AvgIpc) is 0.793. The molecular formula is C95H99BBrF13O5. The first kappa shape index (κ1) is 94.1. The van der Waals surface area contributed by atoms with Gasteiger partial charge in [-0.05, 0) is 141 Å². The molecule has 0 fully saturated rings. The number of benzene rings is 11. The van der Waals surface area contributed by atoms with Crippen LogP contribution in [0.5, 0.6) is 11.5 Å². The molecule has 0 aliphatic carbocycles. The summed E-state index contributed by atoms with van der Waals surface area (Å²) >= 11 is 3.25. The van der Waals surface area contributed by atoms with Gasteiger partial charge in [0.25, 0.3) is 17.8 Å². The third-order valence-corrected chi connectivity index (χ3v) is 19.5. The van der Waals surface area contributed by atoms with Crippen LogP contribution in [-0.4, -0.2) is 36.7 Å².